The molecule has 1 aromatic heterocycles. The Hall–Kier alpha value is -3.52. The fourth-order valence-corrected chi connectivity index (χ4v) is 3.46. The fourth-order valence-electron chi connectivity index (χ4n) is 3.38. The van der Waals surface area contributed by atoms with Crippen LogP contribution in [0.3, 0.4) is 0 Å². The van der Waals surface area contributed by atoms with E-state index in [0.29, 0.717) is 12.3 Å². The maximum atomic E-state index is 12.6. The summed E-state index contributed by atoms with van der Waals surface area (Å²) in [6.07, 6.45) is 1.67. The van der Waals surface area contributed by atoms with Crippen molar-refractivity contribution < 1.29 is 14.3 Å². The number of halogens is 1. The van der Waals surface area contributed by atoms with Gasteiger partial charge in [0.1, 0.15) is 19.0 Å². The topological polar surface area (TPSA) is 79.9 Å². The molecule has 0 aliphatic carbocycles. The number of oxime groups is 1. The molecule has 0 aliphatic heterocycles. The molecule has 0 N–H and O–H groups in total. The molecule has 3 aromatic rings. The van der Waals surface area contributed by atoms with Crippen molar-refractivity contribution in [3.8, 4) is 17.4 Å². The van der Waals surface area contributed by atoms with Crippen LogP contribution in [-0.2, 0) is 18.5 Å². The first kappa shape index (κ1) is 24.1. The van der Waals surface area contributed by atoms with Crippen LogP contribution in [0, 0.1) is 13.8 Å². The quantitative estimate of drug-likeness (QED) is 0.265. The monoisotopic (exact) mass is 470 g/mol. The number of nitrogens with zero attached hydrogens (tertiary/aromatic N) is 4. The molecule has 33 heavy (non-hydrogen) atoms. The molecule has 0 amide bonds. The Balaban J connectivity index is 1.85. The number of methoxy groups -OCH3 is 1. The number of benzene rings is 2. The standard InChI is InChI=1S/C24H27ClN4O4/c1-16-14-22(17(2)13-20(16)18(3)27-33-12-8-11-25)32-15-19-9-6-7-10-21(19)29-23(31-5)26-28(4)24(29)30/h6-11,13-14H,12,15H2,1-5H3/b11-8+,27-18+. The van der Waals surface area contributed by atoms with Crippen molar-refractivity contribution >= 4 is 17.3 Å². The maximum Gasteiger partial charge on any atom is 0.353 e. The molecule has 0 atom stereocenters. The zero-order valence-corrected chi connectivity index (χ0v) is 20.1. The van der Waals surface area contributed by atoms with Crippen LogP contribution >= 0.6 is 11.6 Å². The van der Waals surface area contributed by atoms with Gasteiger partial charge >= 0.3 is 11.7 Å². The molecule has 2 aromatic carbocycles. The Kier molecular flexibility index (Phi) is 7.95. The van der Waals surface area contributed by atoms with Gasteiger partial charge in [0, 0.05) is 23.7 Å². The molecular formula is C24H27ClN4O4. The second-order valence-corrected chi connectivity index (χ2v) is 7.66. The van der Waals surface area contributed by atoms with Gasteiger partial charge in [-0.2, -0.15) is 0 Å². The summed E-state index contributed by atoms with van der Waals surface area (Å²) >= 11 is 5.49. The van der Waals surface area contributed by atoms with E-state index in [1.54, 1.807) is 13.1 Å². The Morgan fingerprint density at radius 3 is 2.70 bits per heavy atom. The van der Waals surface area contributed by atoms with Crippen LogP contribution in [0.1, 0.15) is 29.2 Å². The molecule has 1 heterocycles. The van der Waals surface area contributed by atoms with E-state index >= 15 is 0 Å². The Morgan fingerprint density at radius 2 is 1.97 bits per heavy atom. The lowest BCUT2D eigenvalue weighted by Gasteiger charge is -2.15. The minimum Gasteiger partial charge on any atom is -0.489 e. The van der Waals surface area contributed by atoms with Crippen LogP contribution in [0.15, 0.2) is 58.0 Å². The van der Waals surface area contributed by atoms with Gasteiger partial charge in [-0.05, 0) is 56.2 Å². The normalized spacial score (nSPS) is 11.8. The molecule has 0 saturated heterocycles. The highest BCUT2D eigenvalue weighted by atomic mass is 35.5. The zero-order chi connectivity index (χ0) is 24.0. The van der Waals surface area contributed by atoms with Gasteiger partial charge in [0.2, 0.25) is 0 Å². The Labute approximate surface area is 197 Å². The van der Waals surface area contributed by atoms with E-state index < -0.39 is 0 Å². The molecule has 9 heteroatoms. The van der Waals surface area contributed by atoms with Crippen LogP contribution in [0.25, 0.3) is 5.69 Å². The molecule has 0 radical (unpaired) electrons. The highest BCUT2D eigenvalue weighted by molar-refractivity contribution is 6.25. The van der Waals surface area contributed by atoms with Crippen LogP contribution < -0.4 is 15.2 Å². The molecule has 0 bridgehead atoms. The highest BCUT2D eigenvalue weighted by Gasteiger charge is 2.17. The highest BCUT2D eigenvalue weighted by Crippen LogP contribution is 2.26. The predicted molar refractivity (Wildman–Crippen MR) is 129 cm³/mol. The van der Waals surface area contributed by atoms with Crippen LogP contribution in [0.2, 0.25) is 0 Å². The number of ether oxygens (including phenoxy) is 2. The summed E-state index contributed by atoms with van der Waals surface area (Å²) in [4.78, 5) is 17.8. The lowest BCUT2D eigenvalue weighted by Crippen LogP contribution is -2.22. The summed E-state index contributed by atoms with van der Waals surface area (Å²) in [5.74, 6) is 0.746. The zero-order valence-electron chi connectivity index (χ0n) is 19.3. The summed E-state index contributed by atoms with van der Waals surface area (Å²) in [6.45, 7) is 6.43. The predicted octanol–water partition coefficient (Wildman–Crippen LogP) is 4.27. The molecule has 0 saturated carbocycles. The summed E-state index contributed by atoms with van der Waals surface area (Å²) in [6, 6.07) is 11.7. The number of hydrogen-bond donors (Lipinski definition) is 0. The van der Waals surface area contributed by atoms with Gasteiger partial charge in [0.15, 0.2) is 0 Å². The van der Waals surface area contributed by atoms with E-state index in [-0.39, 0.29) is 18.3 Å². The van der Waals surface area contributed by atoms with E-state index in [1.807, 2.05) is 57.2 Å². The van der Waals surface area contributed by atoms with Crippen molar-refractivity contribution in [3.05, 3.63) is 80.7 Å². The smallest absolute Gasteiger partial charge is 0.353 e. The van der Waals surface area contributed by atoms with E-state index in [0.717, 1.165) is 33.7 Å². The van der Waals surface area contributed by atoms with Gasteiger partial charge in [-0.15, -0.1) is 5.10 Å². The average molecular weight is 471 g/mol. The van der Waals surface area contributed by atoms with Crippen LogP contribution in [0.4, 0.5) is 0 Å². The molecular weight excluding hydrogens is 444 g/mol. The lowest BCUT2D eigenvalue weighted by atomic mass is 10.0. The minimum absolute atomic E-state index is 0.213. The number of aryl methyl sites for hydroxylation is 3. The van der Waals surface area contributed by atoms with Gasteiger partial charge in [-0.25, -0.2) is 14.0 Å². The van der Waals surface area contributed by atoms with Gasteiger partial charge in [-0.3, -0.25) is 0 Å². The van der Waals surface area contributed by atoms with Crippen molar-refractivity contribution in [1.82, 2.24) is 14.3 Å². The third-order valence-electron chi connectivity index (χ3n) is 5.07. The van der Waals surface area contributed by atoms with E-state index in [9.17, 15) is 4.79 Å². The number of para-hydroxylation sites is 1. The first-order chi connectivity index (χ1) is 15.9. The fraction of sp³-hybridized carbons (Fsp3) is 0.292. The first-order valence-electron chi connectivity index (χ1n) is 10.3. The van der Waals surface area contributed by atoms with Crippen molar-refractivity contribution in [3.63, 3.8) is 0 Å². The molecule has 174 valence electrons. The first-order valence-corrected chi connectivity index (χ1v) is 10.8. The Bertz CT molecular complexity index is 1240. The third kappa shape index (κ3) is 5.46. The number of hydrogen-bond acceptors (Lipinski definition) is 6. The van der Waals surface area contributed by atoms with Crippen LogP contribution in [-0.4, -0.2) is 33.8 Å². The molecule has 0 spiro atoms. The number of aromatic nitrogens is 3. The third-order valence-corrected chi connectivity index (χ3v) is 5.24. The van der Waals surface area contributed by atoms with Gasteiger partial charge in [-0.1, -0.05) is 35.0 Å². The molecule has 0 fully saturated rings. The molecule has 3 rings (SSSR count). The second-order valence-electron chi connectivity index (χ2n) is 7.41. The van der Waals surface area contributed by atoms with Crippen molar-refractivity contribution in [1.29, 1.82) is 0 Å². The lowest BCUT2D eigenvalue weighted by molar-refractivity contribution is 0.175. The van der Waals surface area contributed by atoms with Crippen molar-refractivity contribution in [2.24, 2.45) is 12.2 Å². The minimum atomic E-state index is -0.297. The SMILES string of the molecule is COc1nn(C)c(=O)n1-c1ccccc1COc1cc(C)c(/C(C)=N/OC/C=C/Cl)cc1C. The maximum absolute atomic E-state index is 12.6. The summed E-state index contributed by atoms with van der Waals surface area (Å²) < 4.78 is 14.1. The van der Waals surface area contributed by atoms with Crippen molar-refractivity contribution in [2.75, 3.05) is 13.7 Å². The van der Waals surface area contributed by atoms with E-state index in [1.165, 1.54) is 21.9 Å². The summed E-state index contributed by atoms with van der Waals surface area (Å²) in [5, 5.41) is 8.26. The molecule has 0 unspecified atom stereocenters. The van der Waals surface area contributed by atoms with E-state index in [4.69, 9.17) is 25.9 Å². The van der Waals surface area contributed by atoms with Gasteiger partial charge in [0.05, 0.1) is 18.5 Å². The Morgan fingerprint density at radius 1 is 1.21 bits per heavy atom. The second kappa shape index (κ2) is 10.9. The molecule has 0 aliphatic rings. The van der Waals surface area contributed by atoms with Crippen LogP contribution in [0.5, 0.6) is 11.8 Å². The van der Waals surface area contributed by atoms with E-state index in [2.05, 4.69) is 10.3 Å². The summed E-state index contributed by atoms with van der Waals surface area (Å²) in [7, 11) is 3.06. The largest absolute Gasteiger partial charge is 0.489 e. The number of rotatable bonds is 9. The molecule has 8 nitrogen and oxygen atoms in total. The van der Waals surface area contributed by atoms with Gasteiger partial charge < -0.3 is 14.3 Å². The summed E-state index contributed by atoms with van der Waals surface area (Å²) in [5.41, 5.74) is 6.28. The van der Waals surface area contributed by atoms with Gasteiger partial charge in [0.25, 0.3) is 0 Å². The van der Waals surface area contributed by atoms with Crippen molar-refractivity contribution in [2.45, 2.75) is 27.4 Å². The average Bonchev–Trinajstić information content (AvgIpc) is 3.10.